The zero-order valence-electron chi connectivity index (χ0n) is 12.0. The molecule has 0 unspecified atom stereocenters. The van der Waals surface area contributed by atoms with Gasteiger partial charge in [0.15, 0.2) is 0 Å². The van der Waals surface area contributed by atoms with Crippen LogP contribution in [0.25, 0.3) is 17.3 Å². The van der Waals surface area contributed by atoms with Crippen LogP contribution in [-0.2, 0) is 4.79 Å². The lowest BCUT2D eigenvalue weighted by molar-refractivity contribution is -0.132. The third kappa shape index (κ3) is 3.48. The summed E-state index contributed by atoms with van der Waals surface area (Å²) in [6, 6.07) is 11.3. The van der Waals surface area contributed by atoms with Gasteiger partial charge in [0.1, 0.15) is 5.75 Å². The van der Waals surface area contributed by atoms with Crippen LogP contribution in [0.15, 0.2) is 48.2 Å². The normalized spacial score (nSPS) is 11.2. The van der Waals surface area contributed by atoms with Gasteiger partial charge >= 0.3 is 5.97 Å². The van der Waals surface area contributed by atoms with Crippen molar-refractivity contribution in [3.05, 3.63) is 53.7 Å². The van der Waals surface area contributed by atoms with E-state index >= 15 is 0 Å². The molecule has 0 amide bonds. The number of rotatable bonds is 5. The summed E-state index contributed by atoms with van der Waals surface area (Å²) in [5, 5.41) is 9.08. The van der Waals surface area contributed by atoms with Crippen molar-refractivity contribution < 1.29 is 14.6 Å². The number of aliphatic carboxylic acids is 1. The van der Waals surface area contributed by atoms with Crippen molar-refractivity contribution in [2.45, 2.75) is 13.3 Å². The number of pyridine rings is 1. The number of carboxylic acid groups (broad SMARTS) is 1. The molecule has 0 spiro atoms. The standard InChI is InChI=1S/C17H17NO3/c1-3-13(17(19)20)10-12-7-8-14(16(11-12)21-2)15-6-4-5-9-18-15/h4-11H,3H2,1-2H3,(H,19,20). The summed E-state index contributed by atoms with van der Waals surface area (Å²) < 4.78 is 5.40. The van der Waals surface area contributed by atoms with E-state index in [1.165, 1.54) is 0 Å². The predicted molar refractivity (Wildman–Crippen MR) is 82.1 cm³/mol. The molecule has 1 aromatic carbocycles. The Hall–Kier alpha value is -2.62. The molecule has 1 N–H and O–H groups in total. The van der Waals surface area contributed by atoms with Gasteiger partial charge in [-0.15, -0.1) is 0 Å². The summed E-state index contributed by atoms with van der Waals surface area (Å²) in [6.45, 7) is 1.82. The molecule has 0 aliphatic heterocycles. The second-order valence-electron chi connectivity index (χ2n) is 4.50. The van der Waals surface area contributed by atoms with Crippen LogP contribution < -0.4 is 4.74 Å². The molecule has 0 bridgehead atoms. The minimum atomic E-state index is -0.898. The van der Waals surface area contributed by atoms with Crippen molar-refractivity contribution in [2.24, 2.45) is 0 Å². The van der Waals surface area contributed by atoms with Gasteiger partial charge in [0.25, 0.3) is 0 Å². The molecule has 0 atom stereocenters. The molecule has 0 aliphatic rings. The highest BCUT2D eigenvalue weighted by Crippen LogP contribution is 2.30. The van der Waals surface area contributed by atoms with Crippen molar-refractivity contribution in [1.82, 2.24) is 4.98 Å². The fourth-order valence-electron chi connectivity index (χ4n) is 2.05. The minimum Gasteiger partial charge on any atom is -0.496 e. The molecule has 4 heteroatoms. The van der Waals surface area contributed by atoms with Gasteiger partial charge in [-0.25, -0.2) is 4.79 Å². The summed E-state index contributed by atoms with van der Waals surface area (Å²) in [7, 11) is 1.59. The highest BCUT2D eigenvalue weighted by atomic mass is 16.5. The Labute approximate surface area is 123 Å². The van der Waals surface area contributed by atoms with Crippen LogP contribution in [0.4, 0.5) is 0 Å². The van der Waals surface area contributed by atoms with E-state index in [-0.39, 0.29) is 0 Å². The average molecular weight is 283 g/mol. The van der Waals surface area contributed by atoms with Gasteiger partial charge in [-0.1, -0.05) is 19.1 Å². The highest BCUT2D eigenvalue weighted by Gasteiger charge is 2.09. The maximum atomic E-state index is 11.1. The number of benzene rings is 1. The Morgan fingerprint density at radius 3 is 2.71 bits per heavy atom. The predicted octanol–water partition coefficient (Wildman–Crippen LogP) is 3.64. The van der Waals surface area contributed by atoms with Crippen molar-refractivity contribution in [3.8, 4) is 17.0 Å². The quantitative estimate of drug-likeness (QED) is 0.851. The van der Waals surface area contributed by atoms with Crippen LogP contribution in [0.3, 0.4) is 0 Å². The summed E-state index contributed by atoms with van der Waals surface area (Å²) in [5.41, 5.74) is 2.86. The van der Waals surface area contributed by atoms with Crippen molar-refractivity contribution in [3.63, 3.8) is 0 Å². The Kier molecular flexibility index (Phi) is 4.72. The number of nitrogens with zero attached hydrogens (tertiary/aromatic N) is 1. The maximum Gasteiger partial charge on any atom is 0.331 e. The third-order valence-electron chi connectivity index (χ3n) is 3.16. The second kappa shape index (κ2) is 6.70. The lowest BCUT2D eigenvalue weighted by atomic mass is 10.0. The first-order chi connectivity index (χ1) is 10.2. The van der Waals surface area contributed by atoms with Crippen LogP contribution in [0.1, 0.15) is 18.9 Å². The van der Waals surface area contributed by atoms with Crippen LogP contribution in [-0.4, -0.2) is 23.2 Å². The molecular weight excluding hydrogens is 266 g/mol. The number of carboxylic acids is 1. The second-order valence-corrected chi connectivity index (χ2v) is 4.50. The van der Waals surface area contributed by atoms with Gasteiger partial charge in [-0.05, 0) is 42.3 Å². The first-order valence-corrected chi connectivity index (χ1v) is 6.69. The molecule has 0 aliphatic carbocycles. The monoisotopic (exact) mass is 283 g/mol. The van der Waals surface area contributed by atoms with E-state index in [0.29, 0.717) is 17.7 Å². The summed E-state index contributed by atoms with van der Waals surface area (Å²) in [5.74, 6) is -0.228. The van der Waals surface area contributed by atoms with E-state index in [1.54, 1.807) is 19.4 Å². The summed E-state index contributed by atoms with van der Waals surface area (Å²) in [6.07, 6.45) is 3.86. The number of hydrogen-bond acceptors (Lipinski definition) is 3. The van der Waals surface area contributed by atoms with Gasteiger partial charge in [0.2, 0.25) is 0 Å². The number of ether oxygens (including phenoxy) is 1. The van der Waals surface area contributed by atoms with E-state index in [1.807, 2.05) is 43.3 Å². The Morgan fingerprint density at radius 1 is 1.33 bits per heavy atom. The number of methoxy groups -OCH3 is 1. The highest BCUT2D eigenvalue weighted by molar-refractivity contribution is 5.92. The first kappa shape index (κ1) is 14.8. The summed E-state index contributed by atoms with van der Waals surface area (Å²) >= 11 is 0. The van der Waals surface area contributed by atoms with Crippen molar-refractivity contribution in [1.29, 1.82) is 0 Å². The van der Waals surface area contributed by atoms with Crippen molar-refractivity contribution in [2.75, 3.05) is 7.11 Å². The molecule has 0 saturated heterocycles. The number of hydrogen-bond donors (Lipinski definition) is 1. The van der Waals surface area contributed by atoms with Crippen LogP contribution in [0.5, 0.6) is 5.75 Å². The van der Waals surface area contributed by atoms with Gasteiger partial charge in [0.05, 0.1) is 12.8 Å². The van der Waals surface area contributed by atoms with Gasteiger partial charge in [0, 0.05) is 17.3 Å². The Balaban J connectivity index is 2.44. The Bertz CT molecular complexity index is 663. The fraction of sp³-hybridized carbons (Fsp3) is 0.176. The molecule has 2 aromatic rings. The molecule has 108 valence electrons. The van der Waals surface area contributed by atoms with Crippen LogP contribution in [0.2, 0.25) is 0 Å². The van der Waals surface area contributed by atoms with E-state index < -0.39 is 5.97 Å². The molecule has 1 heterocycles. The van der Waals surface area contributed by atoms with E-state index in [4.69, 9.17) is 9.84 Å². The largest absolute Gasteiger partial charge is 0.496 e. The summed E-state index contributed by atoms with van der Waals surface area (Å²) in [4.78, 5) is 15.4. The minimum absolute atomic E-state index is 0.364. The molecular formula is C17H17NO3. The average Bonchev–Trinajstić information content (AvgIpc) is 2.52. The van der Waals surface area contributed by atoms with Gasteiger partial charge in [-0.2, -0.15) is 0 Å². The fourth-order valence-corrected chi connectivity index (χ4v) is 2.05. The molecule has 1 aromatic heterocycles. The molecule has 0 saturated carbocycles. The topological polar surface area (TPSA) is 59.4 Å². The SMILES string of the molecule is CCC(=Cc1ccc(-c2ccccn2)c(OC)c1)C(=O)O. The van der Waals surface area contributed by atoms with Crippen molar-refractivity contribution >= 4 is 12.0 Å². The molecule has 0 fully saturated rings. The van der Waals surface area contributed by atoms with Gasteiger partial charge in [-0.3, -0.25) is 4.98 Å². The van der Waals surface area contributed by atoms with Gasteiger partial charge < -0.3 is 9.84 Å². The number of aromatic nitrogens is 1. The lowest BCUT2D eigenvalue weighted by Crippen LogP contribution is -1.99. The van der Waals surface area contributed by atoms with Crippen LogP contribution >= 0.6 is 0 Å². The Morgan fingerprint density at radius 2 is 2.14 bits per heavy atom. The van der Waals surface area contributed by atoms with Crippen LogP contribution in [0, 0.1) is 0 Å². The zero-order chi connectivity index (χ0) is 15.2. The molecule has 21 heavy (non-hydrogen) atoms. The molecule has 4 nitrogen and oxygen atoms in total. The number of carbonyl (C=O) groups is 1. The third-order valence-corrected chi connectivity index (χ3v) is 3.16. The van der Waals surface area contributed by atoms with E-state index in [9.17, 15) is 4.79 Å². The zero-order valence-corrected chi connectivity index (χ0v) is 12.0. The smallest absolute Gasteiger partial charge is 0.331 e. The molecule has 0 radical (unpaired) electrons. The maximum absolute atomic E-state index is 11.1. The van der Waals surface area contributed by atoms with E-state index in [0.717, 1.165) is 16.8 Å². The molecule has 2 rings (SSSR count). The first-order valence-electron chi connectivity index (χ1n) is 6.69. The lowest BCUT2D eigenvalue weighted by Gasteiger charge is -2.09. The van der Waals surface area contributed by atoms with E-state index in [2.05, 4.69) is 4.98 Å².